The highest BCUT2D eigenvalue weighted by Crippen LogP contribution is 2.28. The lowest BCUT2D eigenvalue weighted by atomic mass is 9.96. The molecule has 1 aromatic carbocycles. The first-order valence-corrected chi connectivity index (χ1v) is 9.92. The summed E-state index contributed by atoms with van der Waals surface area (Å²) in [5, 5.41) is 0.927. The number of rotatable bonds is 5. The Hall–Kier alpha value is -2.69. The number of aromatic nitrogens is 3. The minimum Gasteiger partial charge on any atom is -0.338 e. The molecule has 2 aromatic heterocycles. The Labute approximate surface area is 160 Å². The number of nitrogens with zero attached hydrogens (tertiary/aromatic N) is 4. The van der Waals surface area contributed by atoms with Gasteiger partial charge in [0, 0.05) is 49.5 Å². The third-order valence-corrected chi connectivity index (χ3v) is 5.45. The summed E-state index contributed by atoms with van der Waals surface area (Å²) in [7, 11) is 0. The van der Waals surface area contributed by atoms with Gasteiger partial charge in [-0.3, -0.25) is 9.78 Å². The van der Waals surface area contributed by atoms with Crippen LogP contribution in [0.1, 0.15) is 54.7 Å². The number of benzene rings is 1. The average molecular weight is 362 g/mol. The molecule has 0 bridgehead atoms. The molecule has 1 aliphatic rings. The first kappa shape index (κ1) is 17.7. The number of para-hydroxylation sites is 1. The van der Waals surface area contributed by atoms with Crippen LogP contribution in [0.5, 0.6) is 0 Å². The van der Waals surface area contributed by atoms with Crippen molar-refractivity contribution in [1.29, 1.82) is 0 Å². The van der Waals surface area contributed by atoms with Crippen molar-refractivity contribution in [1.82, 2.24) is 19.4 Å². The number of amides is 1. The number of piperidine rings is 1. The van der Waals surface area contributed by atoms with Crippen molar-refractivity contribution in [3.05, 3.63) is 60.3 Å². The van der Waals surface area contributed by atoms with E-state index in [9.17, 15) is 4.79 Å². The smallest absolute Gasteiger partial charge is 0.254 e. The predicted octanol–water partition coefficient (Wildman–Crippen LogP) is 4.25. The van der Waals surface area contributed by atoms with E-state index in [0.717, 1.165) is 61.2 Å². The maximum absolute atomic E-state index is 13.3. The van der Waals surface area contributed by atoms with E-state index in [1.807, 2.05) is 41.4 Å². The van der Waals surface area contributed by atoms with Crippen molar-refractivity contribution in [2.45, 2.75) is 45.1 Å². The summed E-state index contributed by atoms with van der Waals surface area (Å²) in [5.41, 5.74) is 1.61. The van der Waals surface area contributed by atoms with Crippen LogP contribution in [-0.4, -0.2) is 38.4 Å². The number of imidazole rings is 1. The summed E-state index contributed by atoms with van der Waals surface area (Å²) in [6, 6.07) is 9.70. The van der Waals surface area contributed by atoms with Gasteiger partial charge in [-0.25, -0.2) is 4.98 Å². The van der Waals surface area contributed by atoms with E-state index in [4.69, 9.17) is 0 Å². The highest BCUT2D eigenvalue weighted by Gasteiger charge is 2.28. The number of hydrogen-bond acceptors (Lipinski definition) is 3. The maximum Gasteiger partial charge on any atom is 0.254 e. The number of carbonyl (C=O) groups is 1. The van der Waals surface area contributed by atoms with Gasteiger partial charge in [0.2, 0.25) is 0 Å². The Morgan fingerprint density at radius 3 is 2.96 bits per heavy atom. The lowest BCUT2D eigenvalue weighted by Crippen LogP contribution is -2.39. The Kier molecular flexibility index (Phi) is 5.19. The Morgan fingerprint density at radius 2 is 2.07 bits per heavy atom. The molecule has 0 radical (unpaired) electrons. The van der Waals surface area contributed by atoms with Crippen LogP contribution in [0.25, 0.3) is 10.9 Å². The van der Waals surface area contributed by atoms with Gasteiger partial charge in [-0.1, -0.05) is 31.5 Å². The van der Waals surface area contributed by atoms with E-state index in [1.165, 1.54) is 6.42 Å². The van der Waals surface area contributed by atoms with E-state index in [-0.39, 0.29) is 5.91 Å². The predicted molar refractivity (Wildman–Crippen MR) is 107 cm³/mol. The summed E-state index contributed by atoms with van der Waals surface area (Å²) in [5.74, 6) is 1.54. The normalized spacial score (nSPS) is 17.4. The molecule has 1 saturated heterocycles. The molecule has 4 rings (SSSR count). The zero-order valence-electron chi connectivity index (χ0n) is 15.8. The van der Waals surface area contributed by atoms with Crippen LogP contribution < -0.4 is 0 Å². The zero-order valence-corrected chi connectivity index (χ0v) is 15.8. The summed E-state index contributed by atoms with van der Waals surface area (Å²) in [4.78, 5) is 24.3. The molecule has 27 heavy (non-hydrogen) atoms. The van der Waals surface area contributed by atoms with Crippen LogP contribution in [0, 0.1) is 0 Å². The van der Waals surface area contributed by atoms with Crippen molar-refractivity contribution in [3.8, 4) is 0 Å². The number of aryl methyl sites for hydroxylation is 1. The first-order valence-electron chi connectivity index (χ1n) is 9.92. The van der Waals surface area contributed by atoms with Crippen LogP contribution in [-0.2, 0) is 6.54 Å². The Bertz CT molecular complexity index is 927. The molecule has 0 unspecified atom stereocenters. The summed E-state index contributed by atoms with van der Waals surface area (Å²) >= 11 is 0. The van der Waals surface area contributed by atoms with Gasteiger partial charge in [-0.05, 0) is 31.4 Å². The fourth-order valence-electron chi connectivity index (χ4n) is 4.02. The minimum absolute atomic E-state index is 0.102. The molecule has 1 atom stereocenters. The number of likely N-dealkylation sites (tertiary alicyclic amines) is 1. The number of unbranched alkanes of at least 4 members (excludes halogenated alkanes) is 1. The molecule has 3 heterocycles. The highest BCUT2D eigenvalue weighted by molar-refractivity contribution is 6.06. The van der Waals surface area contributed by atoms with Crippen molar-refractivity contribution < 1.29 is 4.79 Å². The number of fused-ring (bicyclic) bond motifs is 1. The van der Waals surface area contributed by atoms with E-state index in [0.29, 0.717) is 5.92 Å². The second kappa shape index (κ2) is 7.91. The van der Waals surface area contributed by atoms with Crippen LogP contribution in [0.2, 0.25) is 0 Å². The highest BCUT2D eigenvalue weighted by atomic mass is 16.2. The summed E-state index contributed by atoms with van der Waals surface area (Å²) < 4.78 is 2.27. The molecule has 1 aliphatic heterocycles. The van der Waals surface area contributed by atoms with Crippen molar-refractivity contribution in [2.24, 2.45) is 0 Å². The molecular weight excluding hydrogens is 336 g/mol. The van der Waals surface area contributed by atoms with Crippen molar-refractivity contribution in [2.75, 3.05) is 13.1 Å². The van der Waals surface area contributed by atoms with Crippen molar-refractivity contribution >= 4 is 16.8 Å². The first-order chi connectivity index (χ1) is 13.3. The molecule has 1 amide bonds. The third-order valence-electron chi connectivity index (χ3n) is 5.45. The third kappa shape index (κ3) is 3.59. The lowest BCUT2D eigenvalue weighted by Gasteiger charge is -2.33. The lowest BCUT2D eigenvalue weighted by molar-refractivity contribution is 0.0705. The van der Waals surface area contributed by atoms with Gasteiger partial charge < -0.3 is 9.47 Å². The molecule has 0 N–H and O–H groups in total. The molecule has 5 heteroatoms. The molecule has 0 aliphatic carbocycles. The number of hydrogen-bond donors (Lipinski definition) is 0. The fraction of sp³-hybridized carbons (Fsp3) is 0.409. The van der Waals surface area contributed by atoms with Crippen LogP contribution in [0.3, 0.4) is 0 Å². The van der Waals surface area contributed by atoms with Gasteiger partial charge in [0.15, 0.2) is 0 Å². The van der Waals surface area contributed by atoms with Gasteiger partial charge in [0.25, 0.3) is 5.91 Å². The standard InChI is InChI=1S/C22H26N4O/c1-2-3-13-25-15-12-24-21(25)17-7-6-14-26(16-17)22(27)19-10-11-23-20-9-5-4-8-18(19)20/h4-5,8-12,15,17H,2-3,6-7,13-14,16H2,1H3/t17-/m1/s1. The van der Waals surface area contributed by atoms with E-state index in [1.54, 1.807) is 6.20 Å². The quantitative estimate of drug-likeness (QED) is 0.682. The minimum atomic E-state index is 0.102. The van der Waals surface area contributed by atoms with Gasteiger partial charge in [0.05, 0.1) is 11.1 Å². The van der Waals surface area contributed by atoms with Crippen molar-refractivity contribution in [3.63, 3.8) is 0 Å². The van der Waals surface area contributed by atoms with Crippen LogP contribution in [0.4, 0.5) is 0 Å². The summed E-state index contributed by atoms with van der Waals surface area (Å²) in [6.45, 7) is 4.75. The second-order valence-electron chi connectivity index (χ2n) is 7.30. The van der Waals surface area contributed by atoms with Crippen LogP contribution >= 0.6 is 0 Å². The topological polar surface area (TPSA) is 51.0 Å². The van der Waals surface area contributed by atoms with Gasteiger partial charge >= 0.3 is 0 Å². The summed E-state index contributed by atoms with van der Waals surface area (Å²) in [6.07, 6.45) is 10.1. The van der Waals surface area contributed by atoms with Gasteiger partial charge in [0.1, 0.15) is 5.82 Å². The van der Waals surface area contributed by atoms with Crippen LogP contribution in [0.15, 0.2) is 48.9 Å². The SMILES string of the molecule is CCCCn1ccnc1[C@@H]1CCCN(C(=O)c2ccnc3ccccc23)C1. The Morgan fingerprint density at radius 1 is 1.19 bits per heavy atom. The zero-order chi connectivity index (χ0) is 18.6. The van der Waals surface area contributed by atoms with E-state index < -0.39 is 0 Å². The molecular formula is C22H26N4O. The number of carbonyl (C=O) groups excluding carboxylic acids is 1. The average Bonchev–Trinajstić information content (AvgIpc) is 3.20. The second-order valence-corrected chi connectivity index (χ2v) is 7.30. The fourth-order valence-corrected chi connectivity index (χ4v) is 4.02. The largest absolute Gasteiger partial charge is 0.338 e. The van der Waals surface area contributed by atoms with Gasteiger partial charge in [-0.15, -0.1) is 0 Å². The molecule has 1 fully saturated rings. The molecule has 0 saturated carbocycles. The number of pyridine rings is 1. The maximum atomic E-state index is 13.3. The molecule has 140 valence electrons. The van der Waals surface area contributed by atoms with Gasteiger partial charge in [-0.2, -0.15) is 0 Å². The van der Waals surface area contributed by atoms with E-state index >= 15 is 0 Å². The Balaban J connectivity index is 1.56. The monoisotopic (exact) mass is 362 g/mol. The molecule has 3 aromatic rings. The molecule has 5 nitrogen and oxygen atoms in total. The molecule has 0 spiro atoms. The van der Waals surface area contributed by atoms with E-state index in [2.05, 4.69) is 27.7 Å².